The van der Waals surface area contributed by atoms with E-state index in [0.717, 1.165) is 19.3 Å². The van der Waals surface area contributed by atoms with E-state index in [1.54, 1.807) is 7.11 Å². The van der Waals surface area contributed by atoms with Crippen LogP contribution in [0.2, 0.25) is 0 Å². The molecule has 2 amide bonds. The molecule has 0 spiro atoms. The van der Waals surface area contributed by atoms with Gasteiger partial charge < -0.3 is 14.4 Å². The number of methoxy groups -OCH3 is 1. The highest BCUT2D eigenvalue weighted by molar-refractivity contribution is 6.45. The van der Waals surface area contributed by atoms with E-state index in [4.69, 9.17) is 9.47 Å². The number of rotatable bonds is 7. The number of morpholine rings is 1. The lowest BCUT2D eigenvalue weighted by Crippen LogP contribution is -2.40. The number of ether oxygens (including phenoxy) is 2. The average molecular weight is 421 g/mol. The van der Waals surface area contributed by atoms with Crippen molar-refractivity contribution in [3.05, 3.63) is 65.4 Å². The van der Waals surface area contributed by atoms with Crippen molar-refractivity contribution in [2.24, 2.45) is 0 Å². The molecule has 0 aliphatic carbocycles. The fourth-order valence-electron chi connectivity index (χ4n) is 4.04. The van der Waals surface area contributed by atoms with Crippen LogP contribution in [0.15, 0.2) is 54.2 Å². The van der Waals surface area contributed by atoms with Gasteiger partial charge in [-0.2, -0.15) is 0 Å². The predicted molar refractivity (Wildman–Crippen MR) is 120 cm³/mol. The molecular weight excluding hydrogens is 392 g/mol. The number of carbonyl (C=O) groups excluding carboxylic acids is 2. The zero-order valence-electron chi connectivity index (χ0n) is 18.1. The summed E-state index contributed by atoms with van der Waals surface area (Å²) in [6.07, 6.45) is 3.24. The molecule has 0 atom stereocenters. The number of amides is 2. The highest BCUT2D eigenvalue weighted by Crippen LogP contribution is 2.35. The maximum atomic E-state index is 13.5. The van der Waals surface area contributed by atoms with Gasteiger partial charge >= 0.3 is 0 Å². The molecular formula is C25H28N2O4. The van der Waals surface area contributed by atoms with Crippen LogP contribution in [0.25, 0.3) is 5.57 Å². The summed E-state index contributed by atoms with van der Waals surface area (Å²) in [5.41, 5.74) is 3.41. The van der Waals surface area contributed by atoms with Crippen LogP contribution in [0, 0.1) is 0 Å². The minimum Gasteiger partial charge on any atom is -0.497 e. The second kappa shape index (κ2) is 9.35. The van der Waals surface area contributed by atoms with Gasteiger partial charge in [0.25, 0.3) is 11.8 Å². The van der Waals surface area contributed by atoms with E-state index in [1.807, 2.05) is 53.4 Å². The van der Waals surface area contributed by atoms with Crippen LogP contribution < -0.4 is 9.64 Å². The molecule has 0 N–H and O–H groups in total. The molecule has 2 aromatic rings. The number of imide groups is 1. The normalized spacial score (nSPS) is 17.0. The van der Waals surface area contributed by atoms with Gasteiger partial charge in [-0.05, 0) is 48.2 Å². The summed E-state index contributed by atoms with van der Waals surface area (Å²) in [5, 5.41) is 0. The third kappa shape index (κ3) is 4.21. The molecule has 0 unspecified atom stereocenters. The molecule has 2 aliphatic rings. The fraction of sp³-hybridized carbons (Fsp3) is 0.360. The Morgan fingerprint density at radius 3 is 2.23 bits per heavy atom. The van der Waals surface area contributed by atoms with Crippen LogP contribution in [-0.4, -0.2) is 50.1 Å². The van der Waals surface area contributed by atoms with E-state index in [1.165, 1.54) is 10.5 Å². The Labute approximate surface area is 183 Å². The Morgan fingerprint density at radius 1 is 0.935 bits per heavy atom. The third-order valence-electron chi connectivity index (χ3n) is 5.78. The van der Waals surface area contributed by atoms with Crippen LogP contribution in [0.4, 0.5) is 5.69 Å². The summed E-state index contributed by atoms with van der Waals surface area (Å²) < 4.78 is 10.7. The lowest BCUT2D eigenvalue weighted by Gasteiger charge is -2.29. The second-order valence-corrected chi connectivity index (χ2v) is 7.77. The number of hydrogen-bond donors (Lipinski definition) is 0. The first-order valence-electron chi connectivity index (χ1n) is 10.8. The van der Waals surface area contributed by atoms with Crippen molar-refractivity contribution in [1.82, 2.24) is 4.90 Å². The maximum Gasteiger partial charge on any atom is 0.282 e. The van der Waals surface area contributed by atoms with Crippen molar-refractivity contribution in [2.75, 3.05) is 38.3 Å². The molecule has 0 saturated carbocycles. The topological polar surface area (TPSA) is 59.1 Å². The van der Waals surface area contributed by atoms with Crippen molar-refractivity contribution in [1.29, 1.82) is 0 Å². The van der Waals surface area contributed by atoms with E-state index >= 15 is 0 Å². The molecule has 31 heavy (non-hydrogen) atoms. The van der Waals surface area contributed by atoms with Gasteiger partial charge in [0.1, 0.15) is 11.4 Å². The first-order chi connectivity index (χ1) is 15.1. The van der Waals surface area contributed by atoms with Gasteiger partial charge in [0, 0.05) is 13.1 Å². The number of nitrogens with zero attached hydrogens (tertiary/aromatic N) is 2. The zero-order valence-corrected chi connectivity index (χ0v) is 18.1. The molecule has 1 fully saturated rings. The molecule has 2 heterocycles. The number of hydrogen-bond acceptors (Lipinski definition) is 5. The molecule has 0 radical (unpaired) electrons. The first-order valence-corrected chi connectivity index (χ1v) is 10.8. The summed E-state index contributed by atoms with van der Waals surface area (Å²) in [7, 11) is 1.60. The Kier molecular flexibility index (Phi) is 6.37. The lowest BCUT2D eigenvalue weighted by atomic mass is 10.0. The second-order valence-electron chi connectivity index (χ2n) is 7.77. The maximum absolute atomic E-state index is 13.5. The van der Waals surface area contributed by atoms with E-state index in [2.05, 4.69) is 6.92 Å². The standard InChI is InChI=1S/C25H28N2O4/c1-3-4-5-18-6-10-20(11-7-18)27-24(28)22(19-8-12-21(30-2)13-9-19)23(25(27)29)26-14-16-31-17-15-26/h6-13H,3-5,14-17H2,1-2H3. The quantitative estimate of drug-likeness (QED) is 0.640. The molecule has 6 nitrogen and oxygen atoms in total. The predicted octanol–water partition coefficient (Wildman–Crippen LogP) is 3.65. The minimum atomic E-state index is -0.294. The number of anilines is 1. The van der Waals surface area contributed by atoms with Crippen LogP contribution >= 0.6 is 0 Å². The Morgan fingerprint density at radius 2 is 1.61 bits per heavy atom. The Bertz CT molecular complexity index is 974. The monoisotopic (exact) mass is 420 g/mol. The van der Waals surface area contributed by atoms with Crippen molar-refractivity contribution in [3.63, 3.8) is 0 Å². The highest BCUT2D eigenvalue weighted by Gasteiger charge is 2.42. The van der Waals surface area contributed by atoms with Crippen LogP contribution in [0.5, 0.6) is 5.75 Å². The zero-order chi connectivity index (χ0) is 21.8. The Hall–Kier alpha value is -3.12. The lowest BCUT2D eigenvalue weighted by molar-refractivity contribution is -0.121. The van der Waals surface area contributed by atoms with Crippen LogP contribution in [0.1, 0.15) is 30.9 Å². The van der Waals surface area contributed by atoms with Crippen molar-refractivity contribution >= 4 is 23.1 Å². The molecule has 2 aromatic carbocycles. The number of aryl methyl sites for hydroxylation is 1. The Balaban J connectivity index is 1.71. The molecule has 2 aliphatic heterocycles. The molecule has 4 rings (SSSR count). The van der Waals surface area contributed by atoms with Crippen molar-refractivity contribution in [3.8, 4) is 5.75 Å². The van der Waals surface area contributed by atoms with Gasteiger partial charge in [0.2, 0.25) is 0 Å². The summed E-state index contributed by atoms with van der Waals surface area (Å²) in [4.78, 5) is 30.3. The average Bonchev–Trinajstić information content (AvgIpc) is 3.08. The summed E-state index contributed by atoms with van der Waals surface area (Å²) in [5.74, 6) is 0.130. The van der Waals surface area contributed by atoms with Gasteiger partial charge in [0.15, 0.2) is 0 Å². The smallest absolute Gasteiger partial charge is 0.282 e. The summed E-state index contributed by atoms with van der Waals surface area (Å²) in [6.45, 7) is 4.39. The van der Waals surface area contributed by atoms with Crippen LogP contribution in [0.3, 0.4) is 0 Å². The molecule has 162 valence electrons. The fourth-order valence-corrected chi connectivity index (χ4v) is 4.04. The molecule has 1 saturated heterocycles. The highest BCUT2D eigenvalue weighted by atomic mass is 16.5. The van der Waals surface area contributed by atoms with E-state index in [-0.39, 0.29) is 11.8 Å². The van der Waals surface area contributed by atoms with Gasteiger partial charge in [-0.15, -0.1) is 0 Å². The molecule has 0 bridgehead atoms. The van der Waals surface area contributed by atoms with Crippen LogP contribution in [-0.2, 0) is 20.7 Å². The number of unbranched alkanes of at least 4 members (excludes halogenated alkanes) is 1. The van der Waals surface area contributed by atoms with E-state index in [9.17, 15) is 9.59 Å². The summed E-state index contributed by atoms with van der Waals surface area (Å²) >= 11 is 0. The summed E-state index contributed by atoms with van der Waals surface area (Å²) in [6, 6.07) is 15.0. The van der Waals surface area contributed by atoms with Gasteiger partial charge in [-0.25, -0.2) is 4.90 Å². The number of carbonyl (C=O) groups is 2. The van der Waals surface area contributed by atoms with Crippen molar-refractivity contribution in [2.45, 2.75) is 26.2 Å². The van der Waals surface area contributed by atoms with Gasteiger partial charge in [0.05, 0.1) is 31.6 Å². The first kappa shape index (κ1) is 21.1. The molecule has 0 aromatic heterocycles. The third-order valence-corrected chi connectivity index (χ3v) is 5.78. The minimum absolute atomic E-state index is 0.279. The van der Waals surface area contributed by atoms with Gasteiger partial charge in [-0.1, -0.05) is 37.6 Å². The number of benzene rings is 2. The van der Waals surface area contributed by atoms with E-state index < -0.39 is 0 Å². The largest absolute Gasteiger partial charge is 0.497 e. The molecule has 6 heteroatoms. The van der Waals surface area contributed by atoms with Gasteiger partial charge in [-0.3, -0.25) is 9.59 Å². The SMILES string of the molecule is CCCCc1ccc(N2C(=O)C(c3ccc(OC)cc3)=C(N3CCOCC3)C2=O)cc1. The van der Waals surface area contributed by atoms with E-state index in [0.29, 0.717) is 54.6 Å². The van der Waals surface area contributed by atoms with Crippen molar-refractivity contribution < 1.29 is 19.1 Å².